The van der Waals surface area contributed by atoms with Crippen molar-refractivity contribution in [1.29, 1.82) is 0 Å². The summed E-state index contributed by atoms with van der Waals surface area (Å²) < 4.78 is 4.81. The van der Waals surface area contributed by atoms with Gasteiger partial charge in [-0.3, -0.25) is 9.59 Å². The first-order chi connectivity index (χ1) is 9.03. The molecule has 0 atom stereocenters. The SMILES string of the molecule is CCCCOC(=O)C1(O)C(=O)c2ccccc2C1=O. The number of esters is 1. The van der Waals surface area contributed by atoms with Gasteiger partial charge in [-0.1, -0.05) is 37.6 Å². The van der Waals surface area contributed by atoms with Crippen molar-refractivity contribution in [3.05, 3.63) is 35.4 Å². The van der Waals surface area contributed by atoms with Crippen LogP contribution in [-0.2, 0) is 9.53 Å². The van der Waals surface area contributed by atoms with Crippen molar-refractivity contribution in [2.45, 2.75) is 25.4 Å². The second-order valence-electron chi connectivity index (χ2n) is 4.40. The maximum absolute atomic E-state index is 12.0. The van der Waals surface area contributed by atoms with Crippen molar-refractivity contribution in [3.8, 4) is 0 Å². The van der Waals surface area contributed by atoms with E-state index in [1.165, 1.54) is 12.1 Å². The summed E-state index contributed by atoms with van der Waals surface area (Å²) in [6, 6.07) is 5.95. The summed E-state index contributed by atoms with van der Waals surface area (Å²) in [5.41, 5.74) is -2.60. The predicted octanol–water partition coefficient (Wildman–Crippen LogP) is 1.14. The monoisotopic (exact) mass is 262 g/mol. The van der Waals surface area contributed by atoms with E-state index in [2.05, 4.69) is 0 Å². The number of ether oxygens (including phenoxy) is 1. The highest BCUT2D eigenvalue weighted by molar-refractivity contribution is 6.41. The summed E-state index contributed by atoms with van der Waals surface area (Å²) in [5, 5.41) is 10.1. The number of rotatable bonds is 4. The van der Waals surface area contributed by atoms with Crippen molar-refractivity contribution in [3.63, 3.8) is 0 Å². The number of unbranched alkanes of at least 4 members (excludes halogenated alkanes) is 1. The van der Waals surface area contributed by atoms with Crippen LogP contribution in [0.1, 0.15) is 40.5 Å². The van der Waals surface area contributed by atoms with Gasteiger partial charge in [0.1, 0.15) is 0 Å². The first-order valence-electron chi connectivity index (χ1n) is 6.11. The molecule has 0 aromatic heterocycles. The smallest absolute Gasteiger partial charge is 0.354 e. The summed E-state index contributed by atoms with van der Waals surface area (Å²) in [6.45, 7) is 1.98. The third kappa shape index (κ3) is 1.96. The molecular formula is C14H14O5. The van der Waals surface area contributed by atoms with Crippen molar-refractivity contribution in [1.82, 2.24) is 0 Å². The zero-order valence-corrected chi connectivity index (χ0v) is 10.5. The third-order valence-electron chi connectivity index (χ3n) is 3.10. The molecule has 1 aromatic carbocycles. The van der Waals surface area contributed by atoms with Crippen LogP contribution in [-0.4, -0.2) is 34.9 Å². The van der Waals surface area contributed by atoms with E-state index in [1.807, 2.05) is 6.92 Å². The number of fused-ring (bicyclic) bond motifs is 1. The Labute approximate surface area is 110 Å². The van der Waals surface area contributed by atoms with Crippen LogP contribution in [0, 0.1) is 0 Å². The number of hydrogen-bond acceptors (Lipinski definition) is 5. The van der Waals surface area contributed by atoms with Gasteiger partial charge in [0.2, 0.25) is 11.6 Å². The Hall–Kier alpha value is -2.01. The van der Waals surface area contributed by atoms with Gasteiger partial charge in [-0.2, -0.15) is 0 Å². The van der Waals surface area contributed by atoms with E-state index in [0.717, 1.165) is 6.42 Å². The Bertz CT molecular complexity index is 512. The topological polar surface area (TPSA) is 80.7 Å². The molecule has 1 aliphatic carbocycles. The summed E-state index contributed by atoms with van der Waals surface area (Å²) in [5.74, 6) is -3.00. The molecule has 0 spiro atoms. The minimum atomic E-state index is -2.71. The van der Waals surface area contributed by atoms with E-state index in [4.69, 9.17) is 4.74 Å². The standard InChI is InChI=1S/C14H14O5/c1-2-3-8-19-13(17)14(18)11(15)9-6-4-5-7-10(9)12(14)16/h4-7,18H,2-3,8H2,1H3. The zero-order valence-electron chi connectivity index (χ0n) is 10.5. The number of aliphatic hydroxyl groups is 1. The van der Waals surface area contributed by atoms with Crippen LogP contribution in [0.4, 0.5) is 0 Å². The molecule has 0 heterocycles. The first-order valence-corrected chi connectivity index (χ1v) is 6.11. The molecule has 0 bridgehead atoms. The highest BCUT2D eigenvalue weighted by Crippen LogP contribution is 2.31. The number of benzene rings is 1. The van der Waals surface area contributed by atoms with Crippen molar-refractivity contribution >= 4 is 17.5 Å². The summed E-state index contributed by atoms with van der Waals surface area (Å²) in [6.07, 6.45) is 1.41. The number of ketones is 2. The fourth-order valence-corrected chi connectivity index (χ4v) is 1.97. The largest absolute Gasteiger partial charge is 0.463 e. The molecule has 0 aliphatic heterocycles. The fraction of sp³-hybridized carbons (Fsp3) is 0.357. The Morgan fingerprint density at radius 2 is 1.74 bits per heavy atom. The average Bonchev–Trinajstić information content (AvgIpc) is 2.63. The van der Waals surface area contributed by atoms with E-state index < -0.39 is 23.1 Å². The first kappa shape index (κ1) is 13.4. The lowest BCUT2D eigenvalue weighted by molar-refractivity contribution is -0.156. The lowest BCUT2D eigenvalue weighted by Crippen LogP contribution is -2.50. The Kier molecular flexibility index (Phi) is 3.48. The molecular weight excluding hydrogens is 248 g/mol. The van der Waals surface area contributed by atoms with Crippen LogP contribution in [0.3, 0.4) is 0 Å². The Morgan fingerprint density at radius 1 is 1.21 bits per heavy atom. The Balaban J connectivity index is 2.29. The summed E-state index contributed by atoms with van der Waals surface area (Å²) in [4.78, 5) is 35.9. The van der Waals surface area contributed by atoms with Gasteiger partial charge >= 0.3 is 5.97 Å². The van der Waals surface area contributed by atoms with Gasteiger partial charge < -0.3 is 9.84 Å². The maximum atomic E-state index is 12.0. The molecule has 0 amide bonds. The van der Waals surface area contributed by atoms with Gasteiger partial charge in [-0.25, -0.2) is 4.79 Å². The lowest BCUT2D eigenvalue weighted by atomic mass is 9.98. The molecule has 1 aliphatic rings. The van der Waals surface area contributed by atoms with E-state index in [9.17, 15) is 19.5 Å². The van der Waals surface area contributed by atoms with Crippen LogP contribution in [0.25, 0.3) is 0 Å². The van der Waals surface area contributed by atoms with Crippen molar-refractivity contribution in [2.24, 2.45) is 0 Å². The van der Waals surface area contributed by atoms with E-state index in [0.29, 0.717) is 6.42 Å². The number of hydrogen-bond donors (Lipinski definition) is 1. The fourth-order valence-electron chi connectivity index (χ4n) is 1.97. The average molecular weight is 262 g/mol. The second-order valence-corrected chi connectivity index (χ2v) is 4.40. The molecule has 0 saturated heterocycles. The normalized spacial score (nSPS) is 16.3. The van der Waals surface area contributed by atoms with Gasteiger partial charge in [-0.05, 0) is 6.42 Å². The predicted molar refractivity (Wildman–Crippen MR) is 65.9 cm³/mol. The molecule has 1 aromatic rings. The zero-order chi connectivity index (χ0) is 14.0. The van der Waals surface area contributed by atoms with Crippen LogP contribution in [0.2, 0.25) is 0 Å². The minimum Gasteiger partial charge on any atom is -0.463 e. The van der Waals surface area contributed by atoms with Crippen LogP contribution >= 0.6 is 0 Å². The lowest BCUT2D eigenvalue weighted by Gasteiger charge is -2.16. The van der Waals surface area contributed by atoms with Gasteiger partial charge in [0.15, 0.2) is 0 Å². The van der Waals surface area contributed by atoms with E-state index >= 15 is 0 Å². The summed E-state index contributed by atoms with van der Waals surface area (Å²) in [7, 11) is 0. The molecule has 2 rings (SSSR count). The molecule has 19 heavy (non-hydrogen) atoms. The van der Waals surface area contributed by atoms with Gasteiger partial charge in [0.05, 0.1) is 6.61 Å². The van der Waals surface area contributed by atoms with Gasteiger partial charge in [0, 0.05) is 11.1 Å². The van der Waals surface area contributed by atoms with Crippen LogP contribution in [0.15, 0.2) is 24.3 Å². The highest BCUT2D eigenvalue weighted by atomic mass is 16.6. The molecule has 0 saturated carbocycles. The molecule has 0 unspecified atom stereocenters. The van der Waals surface area contributed by atoms with Crippen molar-refractivity contribution < 1.29 is 24.2 Å². The molecule has 100 valence electrons. The minimum absolute atomic E-state index is 0.0578. The van der Waals surface area contributed by atoms with E-state index in [1.54, 1.807) is 12.1 Å². The third-order valence-corrected chi connectivity index (χ3v) is 3.10. The van der Waals surface area contributed by atoms with Gasteiger partial charge in [-0.15, -0.1) is 0 Å². The Morgan fingerprint density at radius 3 is 2.21 bits per heavy atom. The summed E-state index contributed by atoms with van der Waals surface area (Å²) >= 11 is 0. The quantitative estimate of drug-likeness (QED) is 0.500. The molecule has 0 radical (unpaired) electrons. The van der Waals surface area contributed by atoms with Crippen LogP contribution in [0.5, 0.6) is 0 Å². The molecule has 1 N–H and O–H groups in total. The maximum Gasteiger partial charge on any atom is 0.354 e. The molecule has 5 heteroatoms. The number of Topliss-reactive ketones (excluding diaryl/α,β-unsaturated/α-hetero) is 2. The molecule has 0 fully saturated rings. The van der Waals surface area contributed by atoms with E-state index in [-0.39, 0.29) is 17.7 Å². The van der Waals surface area contributed by atoms with Crippen LogP contribution < -0.4 is 0 Å². The van der Waals surface area contributed by atoms with Gasteiger partial charge in [0.25, 0.3) is 5.60 Å². The number of carbonyl (C=O) groups is 3. The second kappa shape index (κ2) is 4.93. The van der Waals surface area contributed by atoms with Crippen molar-refractivity contribution in [2.75, 3.05) is 6.61 Å². The number of carbonyl (C=O) groups excluding carboxylic acids is 3. The molecule has 5 nitrogen and oxygen atoms in total. The highest BCUT2D eigenvalue weighted by Gasteiger charge is 2.58.